The normalized spacial score (nSPS) is 15.6. The number of carbonyl (C=O) groups is 1. The van der Waals surface area contributed by atoms with E-state index in [2.05, 4.69) is 20.2 Å². The Balaban J connectivity index is 1.56. The molecule has 1 aromatic carbocycles. The number of amides is 1. The van der Waals surface area contributed by atoms with Gasteiger partial charge in [0.1, 0.15) is 10.9 Å². The van der Waals surface area contributed by atoms with Crippen molar-refractivity contribution < 1.29 is 14.3 Å². The number of H-pyrrole nitrogens is 1. The van der Waals surface area contributed by atoms with Crippen LogP contribution in [0.3, 0.4) is 0 Å². The summed E-state index contributed by atoms with van der Waals surface area (Å²) in [7, 11) is 1.65. The van der Waals surface area contributed by atoms with E-state index in [4.69, 9.17) is 21.1 Å². The van der Waals surface area contributed by atoms with Crippen LogP contribution in [0, 0.1) is 6.92 Å². The molecule has 170 valence electrons. The molecule has 3 heterocycles. The van der Waals surface area contributed by atoms with Crippen molar-refractivity contribution in [1.29, 1.82) is 0 Å². The number of pyridine rings is 1. The molecular formula is C24H29ClN4O3. The summed E-state index contributed by atoms with van der Waals surface area (Å²) in [4.78, 5) is 23.0. The van der Waals surface area contributed by atoms with Crippen molar-refractivity contribution in [3.63, 3.8) is 0 Å². The van der Waals surface area contributed by atoms with Gasteiger partial charge in [-0.2, -0.15) is 0 Å². The lowest BCUT2D eigenvalue weighted by molar-refractivity contribution is -0.121. The first kappa shape index (κ1) is 22.6. The summed E-state index contributed by atoms with van der Waals surface area (Å²) in [5, 5.41) is 4.50. The van der Waals surface area contributed by atoms with E-state index in [1.807, 2.05) is 43.5 Å². The van der Waals surface area contributed by atoms with E-state index < -0.39 is 0 Å². The number of benzene rings is 1. The van der Waals surface area contributed by atoms with E-state index in [-0.39, 0.29) is 18.2 Å². The van der Waals surface area contributed by atoms with Gasteiger partial charge < -0.3 is 19.8 Å². The zero-order chi connectivity index (χ0) is 22.5. The van der Waals surface area contributed by atoms with Crippen LogP contribution in [0.15, 0.2) is 36.5 Å². The monoisotopic (exact) mass is 456 g/mol. The SMILES string of the molecule is COc1ccc2[nH]cc([C@H](CC(=O)NCCN3CCOCC3)c3ccc(C)nc3Cl)c2c1. The summed E-state index contributed by atoms with van der Waals surface area (Å²) in [6.45, 7) is 6.63. The topological polar surface area (TPSA) is 79.5 Å². The van der Waals surface area contributed by atoms with Gasteiger partial charge in [0.25, 0.3) is 0 Å². The Hall–Kier alpha value is -2.61. The van der Waals surface area contributed by atoms with Crippen LogP contribution < -0.4 is 10.1 Å². The maximum absolute atomic E-state index is 12.9. The molecule has 7 nitrogen and oxygen atoms in total. The van der Waals surface area contributed by atoms with Crippen LogP contribution in [0.25, 0.3) is 10.9 Å². The number of aromatic amines is 1. The average molecular weight is 457 g/mol. The summed E-state index contributed by atoms with van der Waals surface area (Å²) in [5.41, 5.74) is 3.65. The molecule has 1 saturated heterocycles. The zero-order valence-electron chi connectivity index (χ0n) is 18.5. The average Bonchev–Trinajstić information content (AvgIpc) is 3.21. The smallest absolute Gasteiger partial charge is 0.220 e. The lowest BCUT2D eigenvalue weighted by atomic mass is 9.88. The number of halogens is 1. The molecule has 3 aromatic rings. The van der Waals surface area contributed by atoms with E-state index in [9.17, 15) is 4.79 Å². The van der Waals surface area contributed by atoms with E-state index in [1.54, 1.807) is 7.11 Å². The van der Waals surface area contributed by atoms with Gasteiger partial charge in [-0.05, 0) is 42.3 Å². The predicted octanol–water partition coefficient (Wildman–Crippen LogP) is 3.50. The van der Waals surface area contributed by atoms with Crippen LogP contribution in [-0.2, 0) is 9.53 Å². The van der Waals surface area contributed by atoms with Gasteiger partial charge in [-0.3, -0.25) is 9.69 Å². The Labute approximate surface area is 193 Å². The number of nitrogens with zero attached hydrogens (tertiary/aromatic N) is 2. The molecule has 1 aliphatic heterocycles. The van der Waals surface area contributed by atoms with Gasteiger partial charge in [-0.15, -0.1) is 0 Å². The number of carbonyl (C=O) groups excluding carboxylic acids is 1. The zero-order valence-corrected chi connectivity index (χ0v) is 19.2. The second-order valence-electron chi connectivity index (χ2n) is 8.05. The summed E-state index contributed by atoms with van der Waals surface area (Å²) in [5.74, 6) is 0.511. The number of nitrogens with one attached hydrogen (secondary N) is 2. The summed E-state index contributed by atoms with van der Waals surface area (Å²) < 4.78 is 10.8. The molecule has 0 spiro atoms. The minimum Gasteiger partial charge on any atom is -0.497 e. The summed E-state index contributed by atoms with van der Waals surface area (Å²) in [6.07, 6.45) is 2.23. The molecule has 1 amide bonds. The molecule has 0 saturated carbocycles. The van der Waals surface area contributed by atoms with Crippen LogP contribution in [0.5, 0.6) is 5.75 Å². The Kier molecular flexibility index (Phi) is 7.29. The minimum atomic E-state index is -0.236. The molecule has 1 aliphatic rings. The number of hydrogen-bond acceptors (Lipinski definition) is 5. The summed E-state index contributed by atoms with van der Waals surface area (Å²) >= 11 is 6.54. The third-order valence-corrected chi connectivity index (χ3v) is 6.23. The standard InChI is InChI=1S/C24H29ClN4O3/c1-16-3-5-18(24(25)28-16)19(14-23(30)26-7-8-29-9-11-32-12-10-29)21-15-27-22-6-4-17(31-2)13-20(21)22/h3-6,13,15,19,27H,7-12,14H2,1-2H3,(H,26,30)/t19-/m1/s1. The van der Waals surface area contributed by atoms with Crippen LogP contribution in [-0.4, -0.2) is 67.3 Å². The van der Waals surface area contributed by atoms with E-state index >= 15 is 0 Å². The number of rotatable bonds is 8. The lowest BCUT2D eigenvalue weighted by Gasteiger charge is -2.26. The molecule has 1 atom stereocenters. The second-order valence-corrected chi connectivity index (χ2v) is 8.41. The Morgan fingerprint density at radius 3 is 2.84 bits per heavy atom. The third-order valence-electron chi connectivity index (χ3n) is 5.93. The maximum atomic E-state index is 12.9. The van der Waals surface area contributed by atoms with Crippen molar-refractivity contribution in [3.05, 3.63) is 58.5 Å². The van der Waals surface area contributed by atoms with Gasteiger partial charge in [0.05, 0.1) is 20.3 Å². The van der Waals surface area contributed by atoms with Gasteiger partial charge >= 0.3 is 0 Å². The number of hydrogen-bond donors (Lipinski definition) is 2. The number of aryl methyl sites for hydroxylation is 1. The van der Waals surface area contributed by atoms with Crippen LogP contribution in [0.1, 0.15) is 29.2 Å². The van der Waals surface area contributed by atoms with Crippen molar-refractivity contribution in [3.8, 4) is 5.75 Å². The highest BCUT2D eigenvalue weighted by atomic mass is 35.5. The molecular weight excluding hydrogens is 428 g/mol. The van der Waals surface area contributed by atoms with E-state index in [0.717, 1.165) is 66.3 Å². The number of morpholine rings is 1. The first-order valence-electron chi connectivity index (χ1n) is 10.9. The maximum Gasteiger partial charge on any atom is 0.220 e. The number of aromatic nitrogens is 2. The third kappa shape index (κ3) is 5.23. The van der Waals surface area contributed by atoms with Crippen molar-refractivity contribution in [2.45, 2.75) is 19.3 Å². The fraction of sp³-hybridized carbons (Fsp3) is 0.417. The van der Waals surface area contributed by atoms with Crippen molar-refractivity contribution in [2.24, 2.45) is 0 Å². The van der Waals surface area contributed by atoms with Crippen LogP contribution in [0.2, 0.25) is 5.15 Å². The quantitative estimate of drug-likeness (QED) is 0.507. The first-order chi connectivity index (χ1) is 15.5. The number of ether oxygens (including phenoxy) is 2. The molecule has 0 bridgehead atoms. The molecule has 2 aromatic heterocycles. The predicted molar refractivity (Wildman–Crippen MR) is 126 cm³/mol. The fourth-order valence-electron chi connectivity index (χ4n) is 4.16. The molecule has 0 radical (unpaired) electrons. The fourth-order valence-corrected chi connectivity index (χ4v) is 4.48. The summed E-state index contributed by atoms with van der Waals surface area (Å²) in [6, 6.07) is 9.78. The number of fused-ring (bicyclic) bond motifs is 1. The van der Waals surface area contributed by atoms with Gasteiger partial charge in [-0.1, -0.05) is 17.7 Å². The van der Waals surface area contributed by atoms with Gasteiger partial charge in [-0.25, -0.2) is 4.98 Å². The molecule has 8 heteroatoms. The van der Waals surface area contributed by atoms with Crippen molar-refractivity contribution >= 4 is 28.4 Å². The molecule has 1 fully saturated rings. The van der Waals surface area contributed by atoms with Gasteiger partial charge in [0.2, 0.25) is 5.91 Å². The van der Waals surface area contributed by atoms with Crippen molar-refractivity contribution in [2.75, 3.05) is 46.5 Å². The molecule has 4 rings (SSSR count). The Morgan fingerprint density at radius 2 is 2.09 bits per heavy atom. The largest absolute Gasteiger partial charge is 0.497 e. The highest BCUT2D eigenvalue weighted by molar-refractivity contribution is 6.30. The van der Waals surface area contributed by atoms with Crippen LogP contribution >= 0.6 is 11.6 Å². The Morgan fingerprint density at radius 1 is 1.28 bits per heavy atom. The number of methoxy groups -OCH3 is 1. The van der Waals surface area contributed by atoms with E-state index in [0.29, 0.717) is 11.7 Å². The van der Waals surface area contributed by atoms with Gasteiger partial charge in [0.15, 0.2) is 0 Å². The van der Waals surface area contributed by atoms with Crippen LogP contribution in [0.4, 0.5) is 0 Å². The van der Waals surface area contributed by atoms with E-state index in [1.165, 1.54) is 0 Å². The second kappa shape index (κ2) is 10.3. The highest BCUT2D eigenvalue weighted by Crippen LogP contribution is 2.37. The molecule has 32 heavy (non-hydrogen) atoms. The Bertz CT molecular complexity index is 1080. The lowest BCUT2D eigenvalue weighted by Crippen LogP contribution is -2.41. The molecule has 0 unspecified atom stereocenters. The van der Waals surface area contributed by atoms with Gasteiger partial charge in [0, 0.05) is 61.3 Å². The minimum absolute atomic E-state index is 0.0165. The molecule has 2 N–H and O–H groups in total. The molecule has 0 aliphatic carbocycles. The highest BCUT2D eigenvalue weighted by Gasteiger charge is 2.24. The first-order valence-corrected chi connectivity index (χ1v) is 11.3. The van der Waals surface area contributed by atoms with Crippen molar-refractivity contribution in [1.82, 2.24) is 20.2 Å².